The van der Waals surface area contributed by atoms with E-state index in [9.17, 15) is 14.0 Å². The van der Waals surface area contributed by atoms with Crippen LogP contribution in [0.2, 0.25) is 0 Å². The van der Waals surface area contributed by atoms with Gasteiger partial charge in [0, 0.05) is 5.56 Å². The maximum absolute atomic E-state index is 13.6. The van der Waals surface area contributed by atoms with E-state index in [1.807, 2.05) is 37.3 Å². The van der Waals surface area contributed by atoms with E-state index >= 15 is 0 Å². The fourth-order valence-electron chi connectivity index (χ4n) is 3.55. The second kappa shape index (κ2) is 14.1. The number of carbonyl (C=O) groups is 2. The van der Waals surface area contributed by atoms with Crippen LogP contribution in [-0.2, 0) is 11.4 Å². The van der Waals surface area contributed by atoms with Crippen molar-refractivity contribution in [1.29, 1.82) is 0 Å². The van der Waals surface area contributed by atoms with Crippen LogP contribution in [0.3, 0.4) is 0 Å². The topological polar surface area (TPSA) is 98.3 Å². The molecule has 0 aromatic heterocycles. The minimum atomic E-state index is -0.522. The summed E-state index contributed by atoms with van der Waals surface area (Å²) in [6.45, 7) is 2.37. The normalized spacial score (nSPS) is 10.7. The molecule has 40 heavy (non-hydrogen) atoms. The van der Waals surface area contributed by atoms with Gasteiger partial charge in [0.25, 0.3) is 11.8 Å². The van der Waals surface area contributed by atoms with Gasteiger partial charge in [0.1, 0.15) is 18.2 Å². The molecular formula is C31H28FN3O5. The minimum Gasteiger partial charge on any atom is -0.490 e. The minimum absolute atomic E-state index is 0.0890. The number of ether oxygens (including phenoxy) is 3. The lowest BCUT2D eigenvalue weighted by Gasteiger charge is -2.13. The molecule has 8 nitrogen and oxygen atoms in total. The number of benzene rings is 4. The van der Waals surface area contributed by atoms with E-state index in [0.717, 1.165) is 5.56 Å². The van der Waals surface area contributed by atoms with Crippen LogP contribution in [0, 0.1) is 5.82 Å². The van der Waals surface area contributed by atoms with Crippen molar-refractivity contribution in [2.45, 2.75) is 13.5 Å². The zero-order valence-corrected chi connectivity index (χ0v) is 21.8. The van der Waals surface area contributed by atoms with Crippen LogP contribution in [-0.4, -0.2) is 31.2 Å². The molecule has 4 aromatic rings. The Morgan fingerprint density at radius 2 is 1.60 bits per heavy atom. The summed E-state index contributed by atoms with van der Waals surface area (Å²) in [6.07, 6.45) is 1.48. The van der Waals surface area contributed by atoms with E-state index in [0.29, 0.717) is 41.6 Å². The number of hydrogen-bond acceptors (Lipinski definition) is 6. The maximum atomic E-state index is 13.6. The highest BCUT2D eigenvalue weighted by Crippen LogP contribution is 2.29. The van der Waals surface area contributed by atoms with Crippen LogP contribution < -0.4 is 25.0 Å². The highest BCUT2D eigenvalue weighted by Gasteiger charge is 2.12. The second-order valence-corrected chi connectivity index (χ2v) is 8.45. The third kappa shape index (κ3) is 8.16. The summed E-state index contributed by atoms with van der Waals surface area (Å²) in [7, 11) is 0. The molecular weight excluding hydrogens is 513 g/mol. The van der Waals surface area contributed by atoms with Gasteiger partial charge in [0.05, 0.1) is 18.5 Å². The Hall–Kier alpha value is -5.18. The number of nitrogens with zero attached hydrogens (tertiary/aromatic N) is 1. The van der Waals surface area contributed by atoms with Crippen molar-refractivity contribution in [2.24, 2.45) is 5.10 Å². The summed E-state index contributed by atoms with van der Waals surface area (Å²) in [5.74, 6) is 0.0365. The zero-order valence-electron chi connectivity index (χ0n) is 21.8. The molecule has 0 radical (unpaired) electrons. The summed E-state index contributed by atoms with van der Waals surface area (Å²) < 4.78 is 30.7. The number of anilines is 1. The summed E-state index contributed by atoms with van der Waals surface area (Å²) in [6, 6.07) is 27.3. The van der Waals surface area contributed by atoms with E-state index in [-0.39, 0.29) is 12.3 Å². The first kappa shape index (κ1) is 27.8. The smallest absolute Gasteiger partial charge is 0.271 e. The molecule has 0 aliphatic heterocycles. The fraction of sp³-hybridized carbons (Fsp3) is 0.129. The van der Waals surface area contributed by atoms with Crippen LogP contribution in [0.15, 0.2) is 102 Å². The second-order valence-electron chi connectivity index (χ2n) is 8.45. The van der Waals surface area contributed by atoms with Crippen LogP contribution in [0.25, 0.3) is 0 Å². The number of nitrogens with one attached hydrogen (secondary N) is 2. The number of halogens is 1. The maximum Gasteiger partial charge on any atom is 0.271 e. The molecule has 204 valence electrons. The Morgan fingerprint density at radius 3 is 2.35 bits per heavy atom. The first-order valence-electron chi connectivity index (χ1n) is 12.6. The van der Waals surface area contributed by atoms with E-state index in [2.05, 4.69) is 15.8 Å². The van der Waals surface area contributed by atoms with Gasteiger partial charge in [-0.3, -0.25) is 9.59 Å². The Bertz CT molecular complexity index is 1460. The Balaban J connectivity index is 1.27. The molecule has 0 unspecified atom stereocenters. The van der Waals surface area contributed by atoms with Gasteiger partial charge in [0.15, 0.2) is 18.1 Å². The van der Waals surface area contributed by atoms with Gasteiger partial charge in [-0.05, 0) is 72.6 Å². The van der Waals surface area contributed by atoms with Crippen molar-refractivity contribution in [3.8, 4) is 17.2 Å². The highest BCUT2D eigenvalue weighted by molar-refractivity contribution is 5.95. The Morgan fingerprint density at radius 1 is 0.850 bits per heavy atom. The number of rotatable bonds is 12. The predicted octanol–water partition coefficient (Wildman–Crippen LogP) is 5.58. The van der Waals surface area contributed by atoms with E-state index < -0.39 is 17.6 Å². The highest BCUT2D eigenvalue weighted by atomic mass is 19.1. The van der Waals surface area contributed by atoms with Crippen molar-refractivity contribution in [2.75, 3.05) is 18.5 Å². The first-order chi connectivity index (χ1) is 19.5. The molecule has 4 rings (SSSR count). The standard InChI is InChI=1S/C31H28FN3O5/c1-2-38-29-18-24(14-17-28(29)40-20-23-8-4-3-5-9-23)31(37)35-33-19-22-12-15-25(16-13-22)39-21-30(36)34-27-11-7-6-10-26(27)32/h3-19H,2,20-21H2,1H3,(H,34,36)(H,35,37)/b33-19+. The molecule has 4 aromatic carbocycles. The summed E-state index contributed by atoms with van der Waals surface area (Å²) in [5, 5.41) is 6.47. The SMILES string of the molecule is CCOc1cc(C(=O)N/N=C/c2ccc(OCC(=O)Nc3ccccc3F)cc2)ccc1OCc1ccccc1. The van der Waals surface area contributed by atoms with Crippen molar-refractivity contribution >= 4 is 23.7 Å². The molecule has 0 heterocycles. The molecule has 0 fully saturated rings. The van der Waals surface area contributed by atoms with Gasteiger partial charge >= 0.3 is 0 Å². The predicted molar refractivity (Wildman–Crippen MR) is 150 cm³/mol. The molecule has 0 aliphatic rings. The average molecular weight is 542 g/mol. The van der Waals surface area contributed by atoms with Gasteiger partial charge in [-0.1, -0.05) is 42.5 Å². The quantitative estimate of drug-likeness (QED) is 0.180. The largest absolute Gasteiger partial charge is 0.490 e. The number of hydrazone groups is 1. The number of carbonyl (C=O) groups excluding carboxylic acids is 2. The number of amides is 2. The summed E-state index contributed by atoms with van der Waals surface area (Å²) in [5.41, 5.74) is 4.67. The molecule has 2 amide bonds. The van der Waals surface area contributed by atoms with Gasteiger partial charge in [-0.15, -0.1) is 0 Å². The molecule has 0 saturated carbocycles. The lowest BCUT2D eigenvalue weighted by molar-refractivity contribution is -0.118. The molecule has 0 saturated heterocycles. The van der Waals surface area contributed by atoms with Crippen molar-refractivity contribution in [1.82, 2.24) is 5.43 Å². The van der Waals surface area contributed by atoms with Crippen molar-refractivity contribution < 1.29 is 28.2 Å². The lowest BCUT2D eigenvalue weighted by atomic mass is 10.2. The first-order valence-corrected chi connectivity index (χ1v) is 12.6. The van der Waals surface area contributed by atoms with Crippen LogP contribution in [0.5, 0.6) is 17.2 Å². The van der Waals surface area contributed by atoms with Gasteiger partial charge < -0.3 is 19.5 Å². The number of hydrogen-bond donors (Lipinski definition) is 2. The monoisotopic (exact) mass is 541 g/mol. The third-order valence-electron chi connectivity index (χ3n) is 5.52. The zero-order chi connectivity index (χ0) is 28.2. The van der Waals surface area contributed by atoms with E-state index in [4.69, 9.17) is 14.2 Å². The van der Waals surface area contributed by atoms with E-state index in [1.165, 1.54) is 24.4 Å². The number of para-hydroxylation sites is 1. The van der Waals surface area contributed by atoms with E-state index in [1.54, 1.807) is 48.5 Å². The van der Waals surface area contributed by atoms with Crippen LogP contribution >= 0.6 is 0 Å². The molecule has 2 N–H and O–H groups in total. The van der Waals surface area contributed by atoms with Gasteiger partial charge in [0.2, 0.25) is 0 Å². The summed E-state index contributed by atoms with van der Waals surface area (Å²) in [4.78, 5) is 24.7. The molecule has 0 aliphatic carbocycles. The van der Waals surface area contributed by atoms with Crippen LogP contribution in [0.1, 0.15) is 28.4 Å². The Labute approximate surface area is 231 Å². The van der Waals surface area contributed by atoms with Crippen molar-refractivity contribution in [3.05, 3.63) is 120 Å². The van der Waals surface area contributed by atoms with Crippen LogP contribution in [0.4, 0.5) is 10.1 Å². The molecule has 0 bridgehead atoms. The molecule has 0 spiro atoms. The molecule has 9 heteroatoms. The van der Waals surface area contributed by atoms with Gasteiger partial charge in [-0.2, -0.15) is 5.10 Å². The average Bonchev–Trinajstić information content (AvgIpc) is 2.98. The molecule has 0 atom stereocenters. The lowest BCUT2D eigenvalue weighted by Crippen LogP contribution is -2.20. The Kier molecular flexibility index (Phi) is 9.82. The van der Waals surface area contributed by atoms with Gasteiger partial charge in [-0.25, -0.2) is 9.82 Å². The fourth-order valence-corrected chi connectivity index (χ4v) is 3.55. The third-order valence-corrected chi connectivity index (χ3v) is 5.52. The van der Waals surface area contributed by atoms with Crippen molar-refractivity contribution in [3.63, 3.8) is 0 Å². The summed E-state index contributed by atoms with van der Waals surface area (Å²) >= 11 is 0.